The molecule has 0 aliphatic heterocycles. The maximum Gasteiger partial charge on any atom is 0.255 e. The summed E-state index contributed by atoms with van der Waals surface area (Å²) in [5.74, 6) is -3.70. The molecule has 76 valence electrons. The van der Waals surface area contributed by atoms with Gasteiger partial charge in [-0.2, -0.15) is 0 Å². The summed E-state index contributed by atoms with van der Waals surface area (Å²) in [5, 5.41) is 9.30. The number of nitrogens with two attached hydrogens (primary N) is 1. The molecular formula is C9H8ClF2NO. The molecule has 0 heterocycles. The van der Waals surface area contributed by atoms with E-state index in [9.17, 15) is 8.78 Å². The summed E-state index contributed by atoms with van der Waals surface area (Å²) in [6, 6.07) is 2.50. The largest absolute Gasteiger partial charge is 0.506 e. The highest BCUT2D eigenvalue weighted by Gasteiger charge is 2.58. The predicted octanol–water partition coefficient (Wildman–Crippen LogP) is 2.75. The van der Waals surface area contributed by atoms with Gasteiger partial charge in [0, 0.05) is 17.5 Å². The molecule has 0 saturated heterocycles. The summed E-state index contributed by atoms with van der Waals surface area (Å²) in [6.07, 6.45) is -0.197. The van der Waals surface area contributed by atoms with Crippen LogP contribution < -0.4 is 5.73 Å². The molecule has 1 unspecified atom stereocenters. The van der Waals surface area contributed by atoms with Crippen LogP contribution in [0.25, 0.3) is 0 Å². The van der Waals surface area contributed by atoms with Gasteiger partial charge in [0.15, 0.2) is 0 Å². The molecule has 0 spiro atoms. The number of phenolic OH excluding ortho intramolecular Hbond substituents is 1. The van der Waals surface area contributed by atoms with Crippen LogP contribution in [-0.2, 0) is 0 Å². The first-order valence-electron chi connectivity index (χ1n) is 4.07. The first-order chi connectivity index (χ1) is 6.42. The normalized spacial score (nSPS) is 23.5. The van der Waals surface area contributed by atoms with Gasteiger partial charge in [0.05, 0.1) is 11.6 Å². The van der Waals surface area contributed by atoms with Crippen molar-refractivity contribution in [2.75, 3.05) is 5.73 Å². The summed E-state index contributed by atoms with van der Waals surface area (Å²) >= 11 is 5.71. The summed E-state index contributed by atoms with van der Waals surface area (Å²) < 4.78 is 25.5. The Balaban J connectivity index is 2.41. The fraction of sp³-hybridized carbons (Fsp3) is 0.333. The minimum atomic E-state index is -2.67. The highest BCUT2D eigenvalue weighted by molar-refractivity contribution is 6.31. The molecule has 1 aliphatic rings. The van der Waals surface area contributed by atoms with E-state index in [4.69, 9.17) is 22.4 Å². The topological polar surface area (TPSA) is 46.2 Å². The lowest BCUT2D eigenvalue weighted by molar-refractivity contribution is 0.112. The molecule has 2 rings (SSSR count). The van der Waals surface area contributed by atoms with Gasteiger partial charge in [-0.05, 0) is 11.6 Å². The molecular weight excluding hydrogens is 212 g/mol. The Kier molecular flexibility index (Phi) is 1.86. The number of hydrogen-bond acceptors (Lipinski definition) is 2. The van der Waals surface area contributed by atoms with E-state index < -0.39 is 11.8 Å². The zero-order valence-electron chi connectivity index (χ0n) is 7.10. The number of hydrogen-bond donors (Lipinski definition) is 2. The molecule has 0 radical (unpaired) electrons. The highest BCUT2D eigenvalue weighted by atomic mass is 35.5. The van der Waals surface area contributed by atoms with Crippen LogP contribution in [0.15, 0.2) is 12.1 Å². The third-order valence-corrected chi connectivity index (χ3v) is 2.67. The van der Waals surface area contributed by atoms with E-state index in [0.29, 0.717) is 5.56 Å². The first kappa shape index (κ1) is 9.52. The highest BCUT2D eigenvalue weighted by Crippen LogP contribution is 2.57. The van der Waals surface area contributed by atoms with E-state index in [1.54, 1.807) is 0 Å². The number of nitrogen functional groups attached to an aromatic ring is 1. The van der Waals surface area contributed by atoms with Crippen LogP contribution in [0.1, 0.15) is 17.9 Å². The molecule has 1 aromatic carbocycles. The Morgan fingerprint density at radius 2 is 2.07 bits per heavy atom. The second-order valence-electron chi connectivity index (χ2n) is 3.45. The van der Waals surface area contributed by atoms with Gasteiger partial charge in [-0.25, -0.2) is 8.78 Å². The molecule has 1 saturated carbocycles. The smallest absolute Gasteiger partial charge is 0.255 e. The SMILES string of the molecule is Nc1cc(C2CC2(F)F)c(Cl)cc1O. The second-order valence-corrected chi connectivity index (χ2v) is 3.86. The molecule has 1 fully saturated rings. The van der Waals surface area contributed by atoms with Gasteiger partial charge >= 0.3 is 0 Å². The third-order valence-electron chi connectivity index (χ3n) is 2.35. The number of aromatic hydroxyl groups is 1. The lowest BCUT2D eigenvalue weighted by atomic mass is 10.1. The quantitative estimate of drug-likeness (QED) is 0.564. The lowest BCUT2D eigenvalue weighted by Gasteiger charge is -2.06. The van der Waals surface area contributed by atoms with E-state index in [1.165, 1.54) is 12.1 Å². The fourth-order valence-electron chi connectivity index (χ4n) is 1.41. The minimum absolute atomic E-state index is 0.0760. The van der Waals surface area contributed by atoms with E-state index in [-0.39, 0.29) is 22.9 Å². The van der Waals surface area contributed by atoms with Crippen molar-refractivity contribution in [3.63, 3.8) is 0 Å². The molecule has 0 bridgehead atoms. The standard InChI is InChI=1S/C9H8ClF2NO/c10-6-2-8(14)7(13)1-4(6)5-3-9(5,11)12/h1-2,5,14H,3,13H2. The number of halogens is 3. The molecule has 0 aromatic heterocycles. The Bertz CT molecular complexity index is 395. The van der Waals surface area contributed by atoms with E-state index in [2.05, 4.69) is 0 Å². The molecule has 0 amide bonds. The average molecular weight is 220 g/mol. The fourth-order valence-corrected chi connectivity index (χ4v) is 1.70. The van der Waals surface area contributed by atoms with Crippen molar-refractivity contribution in [2.24, 2.45) is 0 Å². The van der Waals surface area contributed by atoms with Crippen molar-refractivity contribution >= 4 is 17.3 Å². The molecule has 1 atom stereocenters. The van der Waals surface area contributed by atoms with Crippen LogP contribution in [0, 0.1) is 0 Å². The molecule has 3 N–H and O–H groups in total. The van der Waals surface area contributed by atoms with E-state index >= 15 is 0 Å². The number of anilines is 1. The Morgan fingerprint density at radius 1 is 1.50 bits per heavy atom. The van der Waals surface area contributed by atoms with Gasteiger partial charge in [-0.1, -0.05) is 11.6 Å². The lowest BCUT2D eigenvalue weighted by Crippen LogP contribution is -1.96. The van der Waals surface area contributed by atoms with E-state index in [1.807, 2.05) is 0 Å². The number of rotatable bonds is 1. The van der Waals surface area contributed by atoms with Crippen molar-refractivity contribution in [1.29, 1.82) is 0 Å². The van der Waals surface area contributed by atoms with Gasteiger partial charge in [0.2, 0.25) is 0 Å². The Morgan fingerprint density at radius 3 is 2.57 bits per heavy atom. The monoisotopic (exact) mass is 219 g/mol. The zero-order valence-corrected chi connectivity index (χ0v) is 7.85. The first-order valence-corrected chi connectivity index (χ1v) is 4.45. The summed E-state index contributed by atoms with van der Waals surface area (Å²) in [6.45, 7) is 0. The van der Waals surface area contributed by atoms with Gasteiger partial charge in [-0.3, -0.25) is 0 Å². The van der Waals surface area contributed by atoms with Crippen molar-refractivity contribution in [1.82, 2.24) is 0 Å². The zero-order chi connectivity index (χ0) is 10.5. The van der Waals surface area contributed by atoms with Crippen LogP contribution in [0.5, 0.6) is 5.75 Å². The van der Waals surface area contributed by atoms with Crippen LogP contribution in [-0.4, -0.2) is 11.0 Å². The maximum absolute atomic E-state index is 12.7. The summed E-state index contributed by atoms with van der Waals surface area (Å²) in [5.41, 5.74) is 5.78. The van der Waals surface area contributed by atoms with Crippen molar-refractivity contribution in [2.45, 2.75) is 18.3 Å². The van der Waals surface area contributed by atoms with Gasteiger partial charge < -0.3 is 10.8 Å². The number of benzene rings is 1. The molecule has 1 aromatic rings. The van der Waals surface area contributed by atoms with Crippen LogP contribution in [0.4, 0.5) is 14.5 Å². The second kappa shape index (κ2) is 2.73. The predicted molar refractivity (Wildman–Crippen MR) is 49.8 cm³/mol. The third kappa shape index (κ3) is 1.39. The molecule has 14 heavy (non-hydrogen) atoms. The Hall–Kier alpha value is -1.03. The van der Waals surface area contributed by atoms with Crippen molar-refractivity contribution < 1.29 is 13.9 Å². The number of phenols is 1. The van der Waals surface area contributed by atoms with Gasteiger partial charge in [0.1, 0.15) is 5.75 Å². The van der Waals surface area contributed by atoms with Crippen LogP contribution >= 0.6 is 11.6 Å². The average Bonchev–Trinajstić information content (AvgIpc) is 2.67. The van der Waals surface area contributed by atoms with Crippen LogP contribution in [0.2, 0.25) is 5.02 Å². The minimum Gasteiger partial charge on any atom is -0.506 e. The van der Waals surface area contributed by atoms with E-state index in [0.717, 1.165) is 0 Å². The molecule has 2 nitrogen and oxygen atoms in total. The van der Waals surface area contributed by atoms with Gasteiger partial charge in [-0.15, -0.1) is 0 Å². The number of alkyl halides is 2. The summed E-state index contributed by atoms with van der Waals surface area (Å²) in [4.78, 5) is 0. The molecule has 5 heteroatoms. The molecule has 1 aliphatic carbocycles. The van der Waals surface area contributed by atoms with Gasteiger partial charge in [0.25, 0.3) is 5.92 Å². The van der Waals surface area contributed by atoms with Crippen LogP contribution in [0.3, 0.4) is 0 Å². The maximum atomic E-state index is 12.7. The van der Waals surface area contributed by atoms with Crippen molar-refractivity contribution in [3.8, 4) is 5.75 Å². The Labute approximate surface area is 84.3 Å². The van der Waals surface area contributed by atoms with Crippen molar-refractivity contribution in [3.05, 3.63) is 22.7 Å². The summed E-state index contributed by atoms with van der Waals surface area (Å²) in [7, 11) is 0.